The van der Waals surface area contributed by atoms with Gasteiger partial charge in [-0.2, -0.15) is 0 Å². The summed E-state index contributed by atoms with van der Waals surface area (Å²) in [4.78, 5) is 11.2. The van der Waals surface area contributed by atoms with E-state index in [2.05, 4.69) is 0 Å². The second kappa shape index (κ2) is 4.67. The van der Waals surface area contributed by atoms with E-state index in [-0.39, 0.29) is 28.3 Å². The average molecular weight is 287 g/mol. The molecular formula is C14H13Cl2FO. The van der Waals surface area contributed by atoms with Crippen molar-refractivity contribution >= 4 is 33.5 Å². The van der Waals surface area contributed by atoms with Crippen LogP contribution in [0.2, 0.25) is 0 Å². The van der Waals surface area contributed by atoms with Crippen molar-refractivity contribution in [1.29, 1.82) is 0 Å². The fourth-order valence-electron chi connectivity index (χ4n) is 2.29. The SMILES string of the molecule is CC1(C)C(C=C(Cl)c2ccc(F)cc2)C1C(=O)Cl. The quantitative estimate of drug-likeness (QED) is 0.751. The molecule has 1 saturated carbocycles. The molecule has 96 valence electrons. The van der Waals surface area contributed by atoms with Crippen molar-refractivity contribution in [2.45, 2.75) is 13.8 Å². The number of allylic oxidation sites excluding steroid dienone is 1. The molecule has 0 N–H and O–H groups in total. The molecule has 0 spiro atoms. The summed E-state index contributed by atoms with van der Waals surface area (Å²) in [6, 6.07) is 5.93. The molecule has 2 atom stereocenters. The van der Waals surface area contributed by atoms with Crippen LogP contribution in [0.5, 0.6) is 0 Å². The molecule has 1 aliphatic carbocycles. The molecule has 18 heavy (non-hydrogen) atoms. The summed E-state index contributed by atoms with van der Waals surface area (Å²) < 4.78 is 12.8. The molecule has 1 aromatic carbocycles. The van der Waals surface area contributed by atoms with Gasteiger partial charge in [-0.3, -0.25) is 4.79 Å². The van der Waals surface area contributed by atoms with E-state index in [1.54, 1.807) is 12.1 Å². The van der Waals surface area contributed by atoms with Crippen molar-refractivity contribution in [3.05, 3.63) is 41.7 Å². The van der Waals surface area contributed by atoms with Crippen LogP contribution in [-0.4, -0.2) is 5.24 Å². The van der Waals surface area contributed by atoms with E-state index in [4.69, 9.17) is 23.2 Å². The Kier molecular flexibility index (Phi) is 3.52. The molecule has 0 amide bonds. The highest BCUT2D eigenvalue weighted by Crippen LogP contribution is 2.60. The number of benzene rings is 1. The third kappa shape index (κ3) is 2.45. The topological polar surface area (TPSA) is 17.1 Å². The molecule has 2 unspecified atom stereocenters. The van der Waals surface area contributed by atoms with Gasteiger partial charge in [0.2, 0.25) is 5.24 Å². The average Bonchev–Trinajstić information content (AvgIpc) is 2.81. The van der Waals surface area contributed by atoms with Crippen molar-refractivity contribution in [1.82, 2.24) is 0 Å². The van der Waals surface area contributed by atoms with Crippen molar-refractivity contribution in [2.75, 3.05) is 0 Å². The zero-order valence-electron chi connectivity index (χ0n) is 10.1. The minimum Gasteiger partial charge on any atom is -0.281 e. The van der Waals surface area contributed by atoms with Gasteiger partial charge in [0.1, 0.15) is 5.82 Å². The van der Waals surface area contributed by atoms with E-state index in [1.165, 1.54) is 12.1 Å². The third-order valence-electron chi connectivity index (χ3n) is 3.60. The molecule has 0 heterocycles. The van der Waals surface area contributed by atoms with Crippen LogP contribution in [0, 0.1) is 23.1 Å². The number of carbonyl (C=O) groups excluding carboxylic acids is 1. The van der Waals surface area contributed by atoms with Gasteiger partial charge in [-0.25, -0.2) is 4.39 Å². The maximum Gasteiger partial charge on any atom is 0.225 e. The second-order valence-corrected chi connectivity index (χ2v) is 5.93. The predicted molar refractivity (Wildman–Crippen MR) is 71.9 cm³/mol. The van der Waals surface area contributed by atoms with Crippen LogP contribution >= 0.6 is 23.2 Å². The summed E-state index contributed by atoms with van der Waals surface area (Å²) in [5.41, 5.74) is 0.584. The van der Waals surface area contributed by atoms with E-state index in [1.807, 2.05) is 19.9 Å². The standard InChI is InChI=1S/C14H13Cl2FO/c1-14(2)10(12(14)13(16)18)7-11(15)8-3-5-9(17)6-4-8/h3-7,10,12H,1-2H3. The van der Waals surface area contributed by atoms with Crippen LogP contribution in [0.25, 0.3) is 5.03 Å². The van der Waals surface area contributed by atoms with Gasteiger partial charge in [0.15, 0.2) is 0 Å². The fraction of sp³-hybridized carbons (Fsp3) is 0.357. The van der Waals surface area contributed by atoms with Crippen LogP contribution in [0.4, 0.5) is 4.39 Å². The van der Waals surface area contributed by atoms with E-state index in [0.29, 0.717) is 5.03 Å². The first-order valence-corrected chi connectivity index (χ1v) is 6.42. The van der Waals surface area contributed by atoms with Crippen molar-refractivity contribution < 1.29 is 9.18 Å². The van der Waals surface area contributed by atoms with Gasteiger partial charge >= 0.3 is 0 Å². The van der Waals surface area contributed by atoms with Gasteiger partial charge in [0.05, 0.1) is 0 Å². The second-order valence-electron chi connectivity index (χ2n) is 5.15. The molecule has 0 aromatic heterocycles. The highest BCUT2D eigenvalue weighted by Gasteiger charge is 2.60. The van der Waals surface area contributed by atoms with Gasteiger partial charge in [-0.1, -0.05) is 43.7 Å². The molecule has 1 fully saturated rings. The van der Waals surface area contributed by atoms with Crippen LogP contribution in [0.3, 0.4) is 0 Å². The normalized spacial score (nSPS) is 25.9. The highest BCUT2D eigenvalue weighted by molar-refractivity contribution is 6.64. The number of rotatable bonds is 3. The lowest BCUT2D eigenvalue weighted by Crippen LogP contribution is -1.96. The van der Waals surface area contributed by atoms with Crippen LogP contribution < -0.4 is 0 Å². The van der Waals surface area contributed by atoms with E-state index in [9.17, 15) is 9.18 Å². The summed E-state index contributed by atoms with van der Waals surface area (Å²) in [5, 5.41) is 0.193. The lowest BCUT2D eigenvalue weighted by molar-refractivity contribution is -0.113. The Morgan fingerprint density at radius 1 is 1.28 bits per heavy atom. The molecule has 1 nitrogen and oxygen atoms in total. The van der Waals surface area contributed by atoms with E-state index in [0.717, 1.165) is 5.56 Å². The van der Waals surface area contributed by atoms with Crippen molar-refractivity contribution in [2.24, 2.45) is 17.3 Å². The van der Waals surface area contributed by atoms with Gasteiger partial charge in [-0.05, 0) is 40.6 Å². The van der Waals surface area contributed by atoms with E-state index >= 15 is 0 Å². The molecular weight excluding hydrogens is 274 g/mol. The lowest BCUT2D eigenvalue weighted by Gasteiger charge is -2.01. The summed E-state index contributed by atoms with van der Waals surface area (Å²) in [6.07, 6.45) is 1.83. The number of carbonyl (C=O) groups is 1. The van der Waals surface area contributed by atoms with Gasteiger partial charge in [0, 0.05) is 11.0 Å². The minimum atomic E-state index is -0.329. The maximum absolute atomic E-state index is 12.8. The summed E-state index contributed by atoms with van der Waals surface area (Å²) in [6.45, 7) is 3.96. The van der Waals surface area contributed by atoms with E-state index < -0.39 is 0 Å². The first-order valence-electron chi connectivity index (χ1n) is 5.66. The molecule has 2 rings (SSSR count). The van der Waals surface area contributed by atoms with Crippen LogP contribution in [0.1, 0.15) is 19.4 Å². The van der Waals surface area contributed by atoms with Crippen molar-refractivity contribution in [3.8, 4) is 0 Å². The first kappa shape index (κ1) is 13.6. The van der Waals surface area contributed by atoms with Crippen LogP contribution in [-0.2, 0) is 4.79 Å². The zero-order valence-corrected chi connectivity index (χ0v) is 11.6. The summed E-state index contributed by atoms with van der Waals surface area (Å²) in [7, 11) is 0. The number of hydrogen-bond donors (Lipinski definition) is 0. The van der Waals surface area contributed by atoms with Crippen LogP contribution in [0.15, 0.2) is 30.3 Å². The Morgan fingerprint density at radius 3 is 2.28 bits per heavy atom. The summed E-state index contributed by atoms with van der Waals surface area (Å²) in [5.74, 6) is -0.447. The molecule has 0 saturated heterocycles. The number of hydrogen-bond acceptors (Lipinski definition) is 1. The van der Waals surface area contributed by atoms with Crippen molar-refractivity contribution in [3.63, 3.8) is 0 Å². The Labute approximate surface area is 116 Å². The summed E-state index contributed by atoms with van der Waals surface area (Å²) >= 11 is 11.7. The monoisotopic (exact) mass is 286 g/mol. The smallest absolute Gasteiger partial charge is 0.225 e. The Hall–Kier alpha value is -0.860. The number of halogens is 3. The molecule has 1 aromatic rings. The largest absolute Gasteiger partial charge is 0.281 e. The lowest BCUT2D eigenvalue weighted by atomic mass is 10.1. The fourth-order valence-corrected chi connectivity index (χ4v) is 2.96. The molecule has 0 radical (unpaired) electrons. The zero-order chi connectivity index (χ0) is 13.5. The minimum absolute atomic E-state index is 0.0417. The Balaban J connectivity index is 2.20. The van der Waals surface area contributed by atoms with Gasteiger partial charge < -0.3 is 0 Å². The molecule has 0 bridgehead atoms. The predicted octanol–water partition coefficient (Wildman–Crippen LogP) is 4.44. The molecule has 0 aliphatic heterocycles. The maximum atomic E-state index is 12.8. The van der Waals surface area contributed by atoms with Gasteiger partial charge in [-0.15, -0.1) is 0 Å². The first-order chi connectivity index (χ1) is 8.34. The van der Waals surface area contributed by atoms with Gasteiger partial charge in [0.25, 0.3) is 0 Å². The third-order valence-corrected chi connectivity index (χ3v) is 4.18. The molecule has 4 heteroatoms. The molecule has 1 aliphatic rings. The Morgan fingerprint density at radius 2 is 1.83 bits per heavy atom. The Bertz CT molecular complexity index is 505. The highest BCUT2D eigenvalue weighted by atomic mass is 35.5.